The number of rotatable bonds is 12. The molecule has 0 bridgehead atoms. The van der Waals surface area contributed by atoms with Gasteiger partial charge in [-0.2, -0.15) is 0 Å². The van der Waals surface area contributed by atoms with E-state index >= 15 is 0 Å². The summed E-state index contributed by atoms with van der Waals surface area (Å²) in [4.78, 5) is 29.2. The van der Waals surface area contributed by atoms with Crippen molar-refractivity contribution in [3.05, 3.63) is 81.3 Å². The Hall–Kier alpha value is -3.47. The highest BCUT2D eigenvalue weighted by molar-refractivity contribution is 7.92. The van der Waals surface area contributed by atoms with Crippen molar-refractivity contribution in [3.8, 4) is 11.5 Å². The van der Waals surface area contributed by atoms with E-state index < -0.39 is 34.1 Å². The molecule has 0 aliphatic rings. The van der Waals surface area contributed by atoms with Gasteiger partial charge in [0.15, 0.2) is 11.5 Å². The molecular formula is C33H41Cl2N3O6S. The first kappa shape index (κ1) is 36.0. The highest BCUT2D eigenvalue weighted by Gasteiger charge is 2.35. The van der Waals surface area contributed by atoms with Gasteiger partial charge < -0.3 is 19.7 Å². The minimum absolute atomic E-state index is 0.106. The molecule has 1 N–H and O–H groups in total. The lowest BCUT2D eigenvalue weighted by molar-refractivity contribution is -0.141. The monoisotopic (exact) mass is 677 g/mol. The first-order valence-electron chi connectivity index (χ1n) is 14.4. The lowest BCUT2D eigenvalue weighted by Crippen LogP contribution is -2.55. The molecular weight excluding hydrogens is 637 g/mol. The number of nitrogens with one attached hydrogen (secondary N) is 1. The quantitative estimate of drug-likeness (QED) is 0.233. The molecule has 0 spiro atoms. The van der Waals surface area contributed by atoms with Crippen molar-refractivity contribution in [1.82, 2.24) is 10.2 Å². The molecule has 0 saturated heterocycles. The van der Waals surface area contributed by atoms with E-state index in [9.17, 15) is 18.0 Å². The zero-order valence-corrected chi connectivity index (χ0v) is 29.2. The highest BCUT2D eigenvalue weighted by Crippen LogP contribution is 2.33. The third-order valence-electron chi connectivity index (χ3n) is 6.99. The third-order valence-corrected chi connectivity index (χ3v) is 9.47. The number of ether oxygens (including phenoxy) is 2. The number of hydrogen-bond donors (Lipinski definition) is 1. The fourth-order valence-electron chi connectivity index (χ4n) is 4.95. The number of carbonyl (C=O) groups is 2. The van der Waals surface area contributed by atoms with E-state index in [0.717, 1.165) is 15.4 Å². The predicted molar refractivity (Wildman–Crippen MR) is 179 cm³/mol. The number of methoxy groups -OCH3 is 2. The van der Waals surface area contributed by atoms with Gasteiger partial charge in [-0.15, -0.1) is 0 Å². The summed E-state index contributed by atoms with van der Waals surface area (Å²) in [6.45, 7) is 10.3. The largest absolute Gasteiger partial charge is 0.493 e. The molecule has 12 heteroatoms. The van der Waals surface area contributed by atoms with Crippen LogP contribution in [-0.4, -0.2) is 57.5 Å². The van der Waals surface area contributed by atoms with Gasteiger partial charge in [-0.25, -0.2) is 8.42 Å². The van der Waals surface area contributed by atoms with Crippen LogP contribution in [0.3, 0.4) is 0 Å². The average molecular weight is 679 g/mol. The number of aryl methyl sites for hydroxylation is 2. The summed E-state index contributed by atoms with van der Waals surface area (Å²) in [5, 5.41) is 3.57. The Morgan fingerprint density at radius 1 is 0.911 bits per heavy atom. The fourth-order valence-corrected chi connectivity index (χ4v) is 6.88. The summed E-state index contributed by atoms with van der Waals surface area (Å²) in [5.74, 6) is -0.443. The molecule has 0 saturated carbocycles. The number of carbonyl (C=O) groups excluding carboxylic acids is 2. The molecule has 0 aromatic heterocycles. The van der Waals surface area contributed by atoms with Crippen molar-refractivity contribution >= 4 is 50.7 Å². The highest BCUT2D eigenvalue weighted by atomic mass is 35.5. The Morgan fingerprint density at radius 2 is 1.49 bits per heavy atom. The number of nitrogens with zero attached hydrogens (tertiary/aromatic N) is 2. The van der Waals surface area contributed by atoms with Crippen molar-refractivity contribution in [3.63, 3.8) is 0 Å². The van der Waals surface area contributed by atoms with Crippen molar-refractivity contribution in [2.45, 2.75) is 71.0 Å². The smallest absolute Gasteiger partial charge is 0.264 e. The Labute approximate surface area is 276 Å². The van der Waals surface area contributed by atoms with Gasteiger partial charge in [-0.3, -0.25) is 13.9 Å². The van der Waals surface area contributed by atoms with E-state index in [-0.39, 0.29) is 29.5 Å². The second kappa shape index (κ2) is 14.7. The lowest BCUT2D eigenvalue weighted by atomic mass is 10.1. The summed E-state index contributed by atoms with van der Waals surface area (Å²) in [7, 11) is -1.49. The minimum Gasteiger partial charge on any atom is -0.493 e. The summed E-state index contributed by atoms with van der Waals surface area (Å²) < 4.78 is 40.4. The number of halogens is 2. The SMILES string of the molecule is CCC(C(=O)NC(C)(C)C)N(Cc1c(Cl)cccc1Cl)C(=O)CN(c1cc(C)cc(C)c1)S(=O)(=O)c1ccc(OC)c(OC)c1. The van der Waals surface area contributed by atoms with Crippen LogP contribution in [0.1, 0.15) is 50.8 Å². The first-order chi connectivity index (χ1) is 21.0. The molecule has 9 nitrogen and oxygen atoms in total. The number of anilines is 1. The van der Waals surface area contributed by atoms with E-state index in [1.54, 1.807) is 37.3 Å². The maximum absolute atomic E-state index is 14.4. The van der Waals surface area contributed by atoms with E-state index in [0.29, 0.717) is 27.0 Å². The normalized spacial score (nSPS) is 12.3. The maximum atomic E-state index is 14.4. The number of sulfonamides is 1. The summed E-state index contributed by atoms with van der Waals surface area (Å²) in [5.41, 5.74) is 1.76. The number of amides is 2. The molecule has 45 heavy (non-hydrogen) atoms. The molecule has 0 aliphatic carbocycles. The van der Waals surface area contributed by atoms with Crippen molar-refractivity contribution in [2.24, 2.45) is 0 Å². The summed E-state index contributed by atoms with van der Waals surface area (Å²) in [6.07, 6.45) is 0.252. The Morgan fingerprint density at radius 3 is 2.00 bits per heavy atom. The van der Waals surface area contributed by atoms with Crippen LogP contribution in [0, 0.1) is 13.8 Å². The van der Waals surface area contributed by atoms with Gasteiger partial charge in [0.2, 0.25) is 11.8 Å². The van der Waals surface area contributed by atoms with Crippen LogP contribution in [0.2, 0.25) is 10.0 Å². The van der Waals surface area contributed by atoms with Crippen LogP contribution in [0.25, 0.3) is 0 Å². The first-order valence-corrected chi connectivity index (χ1v) is 16.6. The minimum atomic E-state index is -4.35. The van der Waals surface area contributed by atoms with Crippen LogP contribution < -0.4 is 19.1 Å². The molecule has 0 aliphatic heterocycles. The van der Waals surface area contributed by atoms with Crippen LogP contribution in [0.4, 0.5) is 5.69 Å². The molecule has 244 valence electrons. The van der Waals surface area contributed by atoms with Crippen LogP contribution in [0.15, 0.2) is 59.5 Å². The molecule has 1 atom stereocenters. The molecule has 0 fully saturated rings. The van der Waals surface area contributed by atoms with E-state index in [4.69, 9.17) is 32.7 Å². The van der Waals surface area contributed by atoms with Gasteiger partial charge >= 0.3 is 0 Å². The Kier molecular flexibility index (Phi) is 11.8. The van der Waals surface area contributed by atoms with Crippen molar-refractivity contribution in [2.75, 3.05) is 25.1 Å². The molecule has 3 aromatic rings. The summed E-state index contributed by atoms with van der Waals surface area (Å²) >= 11 is 13.0. The zero-order chi connectivity index (χ0) is 33.7. The molecule has 1 unspecified atom stereocenters. The van der Waals surface area contributed by atoms with Gasteiger partial charge in [0.05, 0.1) is 24.8 Å². The van der Waals surface area contributed by atoms with Gasteiger partial charge in [0.25, 0.3) is 10.0 Å². The standard InChI is InChI=1S/C33H41Cl2N3O6S/c1-9-28(32(40)36-33(4,5)6)37(19-25-26(34)11-10-12-27(25)35)31(39)20-38(23-16-21(2)15-22(3)17-23)45(41,42)24-13-14-29(43-7)30(18-24)44-8/h10-18,28H,9,19-20H2,1-8H3,(H,36,40). The molecule has 3 rings (SSSR count). The lowest BCUT2D eigenvalue weighted by Gasteiger charge is -2.35. The van der Waals surface area contributed by atoms with E-state index in [1.807, 2.05) is 40.7 Å². The number of hydrogen-bond acceptors (Lipinski definition) is 6. The van der Waals surface area contributed by atoms with Crippen LogP contribution >= 0.6 is 23.2 Å². The fraction of sp³-hybridized carbons (Fsp3) is 0.394. The molecule has 0 radical (unpaired) electrons. The Balaban J connectivity index is 2.19. The van der Waals surface area contributed by atoms with Crippen LogP contribution in [-0.2, 0) is 26.2 Å². The van der Waals surface area contributed by atoms with Crippen molar-refractivity contribution in [1.29, 1.82) is 0 Å². The second-order valence-corrected chi connectivity index (χ2v) is 14.4. The predicted octanol–water partition coefficient (Wildman–Crippen LogP) is 6.54. The van der Waals surface area contributed by atoms with Gasteiger partial charge in [-0.1, -0.05) is 42.3 Å². The third kappa shape index (κ3) is 8.83. The number of benzene rings is 3. The molecule has 0 heterocycles. The molecule has 2 amide bonds. The van der Waals surface area contributed by atoms with E-state index in [1.165, 1.54) is 37.3 Å². The van der Waals surface area contributed by atoms with Gasteiger partial charge in [-0.05, 0) is 88.6 Å². The van der Waals surface area contributed by atoms with E-state index in [2.05, 4.69) is 5.32 Å². The maximum Gasteiger partial charge on any atom is 0.264 e. The topological polar surface area (TPSA) is 105 Å². The zero-order valence-electron chi connectivity index (χ0n) is 26.9. The van der Waals surface area contributed by atoms with Gasteiger partial charge in [0.1, 0.15) is 12.6 Å². The van der Waals surface area contributed by atoms with Crippen LogP contribution in [0.5, 0.6) is 11.5 Å². The molecule has 3 aromatic carbocycles. The Bertz CT molecular complexity index is 1620. The second-order valence-electron chi connectivity index (χ2n) is 11.8. The van der Waals surface area contributed by atoms with Crippen molar-refractivity contribution < 1.29 is 27.5 Å². The average Bonchev–Trinajstić information content (AvgIpc) is 2.95. The van der Waals surface area contributed by atoms with Gasteiger partial charge in [0, 0.05) is 33.8 Å². The summed E-state index contributed by atoms with van der Waals surface area (Å²) in [6, 6.07) is 13.5.